The van der Waals surface area contributed by atoms with Crippen LogP contribution in [0.4, 0.5) is 0 Å². The van der Waals surface area contributed by atoms with Crippen LogP contribution in [-0.4, -0.2) is 24.5 Å². The van der Waals surface area contributed by atoms with Crippen LogP contribution in [0.25, 0.3) is 6.08 Å². The molecule has 0 aromatic heterocycles. The molecule has 146 valence electrons. The maximum atomic E-state index is 12.6. The zero-order valence-electron chi connectivity index (χ0n) is 16.5. The fourth-order valence-electron chi connectivity index (χ4n) is 2.82. The standard InChI is InChI=1S/C23H24O5/c1-14(2)17-7-5-16(6-8-17)11-21-23(25)19-10-9-18(12-20(19)28-21)26-13-22(24)27-15(3)4/h5-12,14-15H,13H2,1-4H3/b21-11-. The average molecular weight is 380 g/mol. The molecule has 2 aromatic rings. The summed E-state index contributed by atoms with van der Waals surface area (Å²) < 4.78 is 16.2. The molecule has 1 aliphatic rings. The van der Waals surface area contributed by atoms with Crippen LogP contribution < -0.4 is 9.47 Å². The molecular formula is C23H24O5. The Morgan fingerprint density at radius 1 is 1.07 bits per heavy atom. The number of rotatable bonds is 6. The van der Waals surface area contributed by atoms with E-state index in [1.807, 2.05) is 24.3 Å². The fourth-order valence-corrected chi connectivity index (χ4v) is 2.82. The molecule has 0 radical (unpaired) electrons. The van der Waals surface area contributed by atoms with Gasteiger partial charge in [-0.15, -0.1) is 0 Å². The van der Waals surface area contributed by atoms with Gasteiger partial charge in [0.25, 0.3) is 0 Å². The minimum atomic E-state index is -0.446. The number of esters is 1. The lowest BCUT2D eigenvalue weighted by Crippen LogP contribution is -2.18. The van der Waals surface area contributed by atoms with Crippen LogP contribution in [0, 0.1) is 0 Å². The van der Waals surface area contributed by atoms with Gasteiger partial charge in [-0.25, -0.2) is 4.79 Å². The predicted molar refractivity (Wildman–Crippen MR) is 107 cm³/mol. The minimum absolute atomic E-state index is 0.172. The number of carbonyl (C=O) groups is 2. The summed E-state index contributed by atoms with van der Waals surface area (Å²) in [5.74, 6) is 0.960. The van der Waals surface area contributed by atoms with Gasteiger partial charge in [0.2, 0.25) is 5.78 Å². The summed E-state index contributed by atoms with van der Waals surface area (Å²) in [7, 11) is 0. The van der Waals surface area contributed by atoms with Crippen molar-refractivity contribution in [3.8, 4) is 11.5 Å². The number of allylic oxidation sites excluding steroid dienone is 1. The highest BCUT2D eigenvalue weighted by Crippen LogP contribution is 2.35. The molecule has 1 aliphatic heterocycles. The van der Waals surface area contributed by atoms with E-state index >= 15 is 0 Å². The third-order valence-corrected chi connectivity index (χ3v) is 4.27. The fraction of sp³-hybridized carbons (Fsp3) is 0.304. The van der Waals surface area contributed by atoms with Crippen LogP contribution in [0.1, 0.15) is 55.1 Å². The quantitative estimate of drug-likeness (QED) is 0.534. The normalized spacial score (nSPS) is 14.4. The van der Waals surface area contributed by atoms with E-state index in [9.17, 15) is 9.59 Å². The molecule has 0 saturated heterocycles. The molecule has 5 heteroatoms. The first-order valence-electron chi connectivity index (χ1n) is 9.34. The molecule has 0 atom stereocenters. The second kappa shape index (κ2) is 8.30. The Morgan fingerprint density at radius 2 is 1.79 bits per heavy atom. The Balaban J connectivity index is 1.71. The van der Waals surface area contributed by atoms with Gasteiger partial charge >= 0.3 is 5.97 Å². The number of ketones is 1. The van der Waals surface area contributed by atoms with E-state index in [1.165, 1.54) is 5.56 Å². The van der Waals surface area contributed by atoms with E-state index in [4.69, 9.17) is 14.2 Å². The number of hydrogen-bond donors (Lipinski definition) is 0. The van der Waals surface area contributed by atoms with Gasteiger partial charge < -0.3 is 14.2 Å². The maximum Gasteiger partial charge on any atom is 0.344 e. The van der Waals surface area contributed by atoms with Crippen molar-refractivity contribution in [1.82, 2.24) is 0 Å². The van der Waals surface area contributed by atoms with Crippen molar-refractivity contribution in [2.24, 2.45) is 0 Å². The Morgan fingerprint density at radius 3 is 2.43 bits per heavy atom. The SMILES string of the molecule is CC(C)OC(=O)COc1ccc2c(c1)O/C(=C\c1ccc(C(C)C)cc1)C2=O. The van der Waals surface area contributed by atoms with Crippen molar-refractivity contribution in [1.29, 1.82) is 0 Å². The van der Waals surface area contributed by atoms with Gasteiger partial charge in [0.05, 0.1) is 11.7 Å². The highest BCUT2D eigenvalue weighted by atomic mass is 16.6. The second-order valence-corrected chi connectivity index (χ2v) is 7.25. The molecule has 5 nitrogen and oxygen atoms in total. The number of benzene rings is 2. The molecule has 0 unspecified atom stereocenters. The van der Waals surface area contributed by atoms with Crippen LogP contribution in [0.5, 0.6) is 11.5 Å². The number of fused-ring (bicyclic) bond motifs is 1. The largest absolute Gasteiger partial charge is 0.482 e. The molecule has 28 heavy (non-hydrogen) atoms. The van der Waals surface area contributed by atoms with Crippen molar-refractivity contribution in [2.75, 3.05) is 6.61 Å². The topological polar surface area (TPSA) is 61.8 Å². The number of Topliss-reactive ketones (excluding diaryl/α,β-unsaturated/α-hetero) is 1. The summed E-state index contributed by atoms with van der Waals surface area (Å²) >= 11 is 0. The lowest BCUT2D eigenvalue weighted by molar-refractivity contribution is -0.149. The first-order chi connectivity index (χ1) is 13.3. The summed E-state index contributed by atoms with van der Waals surface area (Å²) in [6.07, 6.45) is 1.53. The molecule has 1 heterocycles. The van der Waals surface area contributed by atoms with Gasteiger partial charge in [0.15, 0.2) is 12.4 Å². The molecule has 3 rings (SSSR count). The summed E-state index contributed by atoms with van der Waals surface area (Å²) in [5, 5.41) is 0. The lowest BCUT2D eigenvalue weighted by Gasteiger charge is -2.09. The Kier molecular flexibility index (Phi) is 5.83. The average Bonchev–Trinajstić information content (AvgIpc) is 2.95. The molecule has 0 spiro atoms. The van der Waals surface area contributed by atoms with Crippen molar-refractivity contribution in [2.45, 2.75) is 39.7 Å². The lowest BCUT2D eigenvalue weighted by atomic mass is 10.0. The van der Waals surface area contributed by atoms with Gasteiger partial charge in [-0.2, -0.15) is 0 Å². The predicted octanol–water partition coefficient (Wildman–Crippen LogP) is 4.76. The van der Waals surface area contributed by atoms with E-state index in [-0.39, 0.29) is 24.3 Å². The van der Waals surface area contributed by atoms with Crippen LogP contribution in [0.3, 0.4) is 0 Å². The van der Waals surface area contributed by atoms with Gasteiger partial charge in [0.1, 0.15) is 11.5 Å². The van der Waals surface area contributed by atoms with Crippen molar-refractivity contribution >= 4 is 17.8 Å². The second-order valence-electron chi connectivity index (χ2n) is 7.25. The monoisotopic (exact) mass is 380 g/mol. The Hall–Kier alpha value is -3.08. The van der Waals surface area contributed by atoms with Crippen LogP contribution in [0.2, 0.25) is 0 Å². The highest BCUT2D eigenvalue weighted by molar-refractivity contribution is 6.14. The van der Waals surface area contributed by atoms with E-state index in [1.54, 1.807) is 38.1 Å². The van der Waals surface area contributed by atoms with Gasteiger partial charge in [-0.05, 0) is 49.1 Å². The molecule has 0 aliphatic carbocycles. The zero-order chi connectivity index (χ0) is 20.3. The summed E-state index contributed by atoms with van der Waals surface area (Å²) in [5.41, 5.74) is 2.61. The van der Waals surface area contributed by atoms with Gasteiger partial charge in [-0.1, -0.05) is 38.1 Å². The smallest absolute Gasteiger partial charge is 0.344 e. The molecule has 0 fully saturated rings. The van der Waals surface area contributed by atoms with Crippen LogP contribution in [0.15, 0.2) is 48.2 Å². The van der Waals surface area contributed by atoms with Gasteiger partial charge in [-0.3, -0.25) is 4.79 Å². The third kappa shape index (κ3) is 4.60. The highest BCUT2D eigenvalue weighted by Gasteiger charge is 2.27. The Labute approximate surface area is 164 Å². The minimum Gasteiger partial charge on any atom is -0.482 e. The van der Waals surface area contributed by atoms with E-state index < -0.39 is 5.97 Å². The third-order valence-electron chi connectivity index (χ3n) is 4.27. The van der Waals surface area contributed by atoms with Crippen molar-refractivity contribution < 1.29 is 23.8 Å². The molecule has 0 saturated carbocycles. The molecular weight excluding hydrogens is 356 g/mol. The summed E-state index contributed by atoms with van der Waals surface area (Å²) in [6, 6.07) is 12.9. The Bertz CT molecular complexity index is 907. The first-order valence-corrected chi connectivity index (χ1v) is 9.34. The van der Waals surface area contributed by atoms with E-state index in [0.717, 1.165) is 5.56 Å². The number of hydrogen-bond acceptors (Lipinski definition) is 5. The zero-order valence-corrected chi connectivity index (χ0v) is 16.5. The molecule has 2 aromatic carbocycles. The molecule has 0 N–H and O–H groups in total. The number of ether oxygens (including phenoxy) is 3. The van der Waals surface area contributed by atoms with Crippen molar-refractivity contribution in [3.63, 3.8) is 0 Å². The number of carbonyl (C=O) groups excluding carboxylic acids is 2. The van der Waals surface area contributed by atoms with Gasteiger partial charge in [0, 0.05) is 6.07 Å². The molecule has 0 amide bonds. The van der Waals surface area contributed by atoms with E-state index in [2.05, 4.69) is 13.8 Å². The summed E-state index contributed by atoms with van der Waals surface area (Å²) in [6.45, 7) is 7.62. The maximum absolute atomic E-state index is 12.6. The first kappa shape index (κ1) is 19.7. The van der Waals surface area contributed by atoms with Crippen LogP contribution in [-0.2, 0) is 9.53 Å². The van der Waals surface area contributed by atoms with Crippen LogP contribution >= 0.6 is 0 Å². The van der Waals surface area contributed by atoms with E-state index in [0.29, 0.717) is 23.0 Å². The van der Waals surface area contributed by atoms with Crippen molar-refractivity contribution in [3.05, 3.63) is 64.9 Å². The summed E-state index contributed by atoms with van der Waals surface area (Å²) in [4.78, 5) is 24.2. The molecule has 0 bridgehead atoms.